The lowest BCUT2D eigenvalue weighted by molar-refractivity contribution is 0.101. The molecule has 0 saturated carbocycles. The molecule has 0 atom stereocenters. The van der Waals surface area contributed by atoms with E-state index in [1.54, 1.807) is 6.92 Å². The Hall–Kier alpha value is -1.63. The van der Waals surface area contributed by atoms with Gasteiger partial charge >= 0.3 is 0 Å². The van der Waals surface area contributed by atoms with Crippen LogP contribution < -0.4 is 0 Å². The maximum absolute atomic E-state index is 11.4. The average Bonchev–Trinajstić information content (AvgIpc) is 2.64. The highest BCUT2D eigenvalue weighted by Crippen LogP contribution is 2.31. The average molecular weight is 196 g/mol. The summed E-state index contributed by atoms with van der Waals surface area (Å²) in [7, 11) is 0. The van der Waals surface area contributed by atoms with Gasteiger partial charge in [-0.15, -0.1) is 0 Å². The van der Waals surface area contributed by atoms with Gasteiger partial charge in [-0.1, -0.05) is 18.2 Å². The molecule has 0 aliphatic heterocycles. The van der Waals surface area contributed by atoms with Crippen molar-refractivity contribution >= 4 is 16.6 Å². The molecule has 0 heterocycles. The van der Waals surface area contributed by atoms with Crippen molar-refractivity contribution in [2.24, 2.45) is 0 Å². The normalized spacial score (nSPS) is 13.4. The van der Waals surface area contributed by atoms with Crippen molar-refractivity contribution in [3.05, 3.63) is 47.0 Å². The summed E-state index contributed by atoms with van der Waals surface area (Å²) in [6.45, 7) is 1.63. The van der Waals surface area contributed by atoms with E-state index in [1.165, 1.54) is 21.9 Å². The third-order valence-corrected chi connectivity index (χ3v) is 3.22. The lowest BCUT2D eigenvalue weighted by atomic mass is 10.0. The van der Waals surface area contributed by atoms with Gasteiger partial charge in [0.05, 0.1) is 0 Å². The van der Waals surface area contributed by atoms with Gasteiger partial charge in [0, 0.05) is 5.56 Å². The van der Waals surface area contributed by atoms with Gasteiger partial charge in [-0.05, 0) is 53.8 Å². The van der Waals surface area contributed by atoms with Crippen LogP contribution in [0.15, 0.2) is 30.3 Å². The summed E-state index contributed by atoms with van der Waals surface area (Å²) in [5, 5.41) is 2.59. The van der Waals surface area contributed by atoms with Gasteiger partial charge in [-0.2, -0.15) is 0 Å². The molecule has 0 saturated heterocycles. The van der Waals surface area contributed by atoms with E-state index < -0.39 is 0 Å². The second-order valence-corrected chi connectivity index (χ2v) is 4.21. The molecule has 1 nitrogen and oxygen atoms in total. The zero-order chi connectivity index (χ0) is 10.4. The number of aryl methyl sites for hydroxylation is 2. The first kappa shape index (κ1) is 8.66. The van der Waals surface area contributed by atoms with Crippen LogP contribution in [-0.2, 0) is 12.8 Å². The van der Waals surface area contributed by atoms with Gasteiger partial charge in [0.2, 0.25) is 0 Å². The fourth-order valence-corrected chi connectivity index (χ4v) is 2.48. The molecule has 1 aliphatic rings. The summed E-state index contributed by atoms with van der Waals surface area (Å²) in [5.41, 5.74) is 3.61. The second-order valence-electron chi connectivity index (χ2n) is 4.21. The highest BCUT2D eigenvalue weighted by atomic mass is 16.1. The van der Waals surface area contributed by atoms with Gasteiger partial charge in [-0.3, -0.25) is 4.79 Å². The Kier molecular flexibility index (Phi) is 1.69. The molecular weight excluding hydrogens is 184 g/mol. The molecule has 3 rings (SSSR count). The van der Waals surface area contributed by atoms with Crippen LogP contribution >= 0.6 is 0 Å². The molecule has 1 heteroatoms. The van der Waals surface area contributed by atoms with Crippen molar-refractivity contribution in [3.63, 3.8) is 0 Å². The summed E-state index contributed by atoms with van der Waals surface area (Å²) in [5.74, 6) is 0.158. The summed E-state index contributed by atoms with van der Waals surface area (Å²) >= 11 is 0. The largest absolute Gasteiger partial charge is 0.295 e. The fraction of sp³-hybridized carbons (Fsp3) is 0.214. The fourth-order valence-electron chi connectivity index (χ4n) is 2.48. The Labute approximate surface area is 88.7 Å². The van der Waals surface area contributed by atoms with Crippen LogP contribution in [-0.4, -0.2) is 5.78 Å². The minimum Gasteiger partial charge on any atom is -0.295 e. The Morgan fingerprint density at radius 1 is 1.13 bits per heavy atom. The summed E-state index contributed by atoms with van der Waals surface area (Å²) in [6.07, 6.45) is 2.20. The minimum absolute atomic E-state index is 0.158. The molecule has 0 bridgehead atoms. The maximum Gasteiger partial charge on any atom is 0.159 e. The highest BCUT2D eigenvalue weighted by Gasteiger charge is 2.15. The molecule has 0 unspecified atom stereocenters. The predicted octanol–water partition coefficient (Wildman–Crippen LogP) is 3.14. The molecule has 0 amide bonds. The van der Waals surface area contributed by atoms with E-state index in [9.17, 15) is 4.79 Å². The van der Waals surface area contributed by atoms with Crippen LogP contribution in [0.5, 0.6) is 0 Å². The van der Waals surface area contributed by atoms with E-state index in [2.05, 4.69) is 24.3 Å². The van der Waals surface area contributed by atoms with E-state index in [4.69, 9.17) is 0 Å². The number of carbonyl (C=O) groups excluding carboxylic acids is 1. The number of hydrogen-bond donors (Lipinski definition) is 0. The monoisotopic (exact) mass is 196 g/mol. The molecule has 0 fully saturated rings. The number of Topliss-reactive ketones (excluding diaryl/α,β-unsaturated/α-hetero) is 1. The Morgan fingerprint density at radius 2 is 1.93 bits per heavy atom. The molecule has 0 N–H and O–H groups in total. The van der Waals surface area contributed by atoms with E-state index in [0.717, 1.165) is 18.4 Å². The van der Waals surface area contributed by atoms with Crippen LogP contribution in [0.4, 0.5) is 0 Å². The standard InChI is InChI=1S/C14H12O/c1-9(15)13-7-11-4-2-3-10-5-6-12(8-13)14(10)11/h2-4,7-8H,5-6H2,1H3. The third kappa shape index (κ3) is 1.19. The van der Waals surface area contributed by atoms with Crippen LogP contribution in [0, 0.1) is 0 Å². The zero-order valence-electron chi connectivity index (χ0n) is 8.71. The lowest BCUT2D eigenvalue weighted by Gasteiger charge is -2.04. The molecule has 74 valence electrons. The number of benzene rings is 2. The SMILES string of the molecule is CC(=O)c1cc2c3c(cccc3c1)CC2. The van der Waals surface area contributed by atoms with E-state index in [1.807, 2.05) is 6.07 Å². The molecule has 0 aromatic heterocycles. The zero-order valence-corrected chi connectivity index (χ0v) is 8.71. The van der Waals surface area contributed by atoms with Crippen molar-refractivity contribution in [3.8, 4) is 0 Å². The molecule has 0 spiro atoms. The van der Waals surface area contributed by atoms with Crippen molar-refractivity contribution in [2.45, 2.75) is 19.8 Å². The van der Waals surface area contributed by atoms with Crippen LogP contribution in [0.1, 0.15) is 28.4 Å². The van der Waals surface area contributed by atoms with Crippen molar-refractivity contribution in [1.82, 2.24) is 0 Å². The summed E-state index contributed by atoms with van der Waals surface area (Å²) in [6, 6.07) is 10.4. The van der Waals surface area contributed by atoms with Gasteiger partial charge in [-0.25, -0.2) is 0 Å². The first-order valence-corrected chi connectivity index (χ1v) is 5.31. The van der Waals surface area contributed by atoms with E-state index in [-0.39, 0.29) is 5.78 Å². The molecule has 15 heavy (non-hydrogen) atoms. The number of carbonyl (C=O) groups is 1. The molecule has 1 aliphatic carbocycles. The van der Waals surface area contributed by atoms with Crippen molar-refractivity contribution in [2.75, 3.05) is 0 Å². The van der Waals surface area contributed by atoms with Crippen LogP contribution in [0.25, 0.3) is 10.8 Å². The molecule has 2 aromatic rings. The summed E-state index contributed by atoms with van der Waals surface area (Å²) < 4.78 is 0. The van der Waals surface area contributed by atoms with E-state index in [0.29, 0.717) is 0 Å². The first-order chi connectivity index (χ1) is 7.25. The molecule has 2 aromatic carbocycles. The molecular formula is C14H12O. The highest BCUT2D eigenvalue weighted by molar-refractivity contribution is 6.01. The Morgan fingerprint density at radius 3 is 2.73 bits per heavy atom. The first-order valence-electron chi connectivity index (χ1n) is 5.31. The number of ketones is 1. The lowest BCUT2D eigenvalue weighted by Crippen LogP contribution is -1.93. The molecule has 0 radical (unpaired) electrons. The van der Waals surface area contributed by atoms with E-state index >= 15 is 0 Å². The van der Waals surface area contributed by atoms with Crippen LogP contribution in [0.2, 0.25) is 0 Å². The minimum atomic E-state index is 0.158. The van der Waals surface area contributed by atoms with Crippen molar-refractivity contribution < 1.29 is 4.79 Å². The third-order valence-electron chi connectivity index (χ3n) is 3.22. The van der Waals surface area contributed by atoms with Crippen molar-refractivity contribution in [1.29, 1.82) is 0 Å². The maximum atomic E-state index is 11.4. The van der Waals surface area contributed by atoms with Gasteiger partial charge < -0.3 is 0 Å². The Balaban J connectivity index is 2.41. The summed E-state index contributed by atoms with van der Waals surface area (Å²) in [4.78, 5) is 11.4. The van der Waals surface area contributed by atoms with Gasteiger partial charge in [0.25, 0.3) is 0 Å². The van der Waals surface area contributed by atoms with Gasteiger partial charge in [0.15, 0.2) is 5.78 Å². The topological polar surface area (TPSA) is 17.1 Å². The number of rotatable bonds is 1. The predicted molar refractivity (Wildman–Crippen MR) is 61.4 cm³/mol. The number of hydrogen-bond acceptors (Lipinski definition) is 1. The van der Waals surface area contributed by atoms with Crippen LogP contribution in [0.3, 0.4) is 0 Å². The quantitative estimate of drug-likeness (QED) is 0.640. The Bertz CT molecular complexity index is 567. The smallest absolute Gasteiger partial charge is 0.159 e. The van der Waals surface area contributed by atoms with Gasteiger partial charge in [0.1, 0.15) is 0 Å². The second kappa shape index (κ2) is 2.93.